The Morgan fingerprint density at radius 3 is 2.30 bits per heavy atom. The van der Waals surface area contributed by atoms with Crippen molar-refractivity contribution in [2.75, 3.05) is 25.0 Å². The van der Waals surface area contributed by atoms with Crippen LogP contribution < -0.4 is 16.4 Å². The zero-order chi connectivity index (χ0) is 18.4. The maximum absolute atomic E-state index is 12.0. The third kappa shape index (κ3) is 6.06. The second kappa shape index (κ2) is 10.1. The quantitative estimate of drug-likeness (QED) is 0.734. The first-order valence-corrected chi connectivity index (χ1v) is 8.80. The molecule has 1 saturated heterocycles. The Balaban J connectivity index is 0.00000261. The van der Waals surface area contributed by atoms with Gasteiger partial charge in [0.1, 0.15) is 0 Å². The second-order valence-electron chi connectivity index (χ2n) is 6.56. The molecule has 3 amide bonds. The summed E-state index contributed by atoms with van der Waals surface area (Å²) in [7, 11) is 0. The summed E-state index contributed by atoms with van der Waals surface area (Å²) in [6.07, 6.45) is 0.260. The van der Waals surface area contributed by atoms with Crippen LogP contribution in [0, 0.1) is 0 Å². The molecule has 0 unspecified atom stereocenters. The monoisotopic (exact) mass is 388 g/mol. The molecule has 27 heavy (non-hydrogen) atoms. The summed E-state index contributed by atoms with van der Waals surface area (Å²) in [5, 5.41) is 4.99. The predicted octanol–water partition coefficient (Wildman–Crippen LogP) is 2.57. The van der Waals surface area contributed by atoms with E-state index in [4.69, 9.17) is 5.73 Å². The third-order valence-corrected chi connectivity index (χ3v) is 4.61. The molecule has 2 atom stereocenters. The Morgan fingerprint density at radius 1 is 1.00 bits per heavy atom. The molecule has 0 saturated carbocycles. The number of anilines is 1. The number of likely N-dealkylation sites (tertiary alicyclic amines) is 1. The molecule has 3 rings (SSSR count). The van der Waals surface area contributed by atoms with Crippen molar-refractivity contribution in [1.82, 2.24) is 10.2 Å². The van der Waals surface area contributed by atoms with Gasteiger partial charge < -0.3 is 16.0 Å². The van der Waals surface area contributed by atoms with E-state index in [-0.39, 0.29) is 36.7 Å². The molecule has 144 valence electrons. The van der Waals surface area contributed by atoms with Gasteiger partial charge in [-0.3, -0.25) is 10.1 Å². The number of halogens is 1. The van der Waals surface area contributed by atoms with E-state index in [1.165, 1.54) is 5.56 Å². The Hall–Kier alpha value is -2.41. The second-order valence-corrected chi connectivity index (χ2v) is 6.56. The molecule has 0 aliphatic carbocycles. The van der Waals surface area contributed by atoms with Crippen molar-refractivity contribution in [3.8, 4) is 0 Å². The molecule has 0 bridgehead atoms. The zero-order valence-corrected chi connectivity index (χ0v) is 15.8. The molecule has 2 aromatic rings. The molecule has 0 aromatic heterocycles. The molecule has 4 N–H and O–H groups in total. The average molecular weight is 389 g/mol. The molecule has 6 nitrogen and oxygen atoms in total. The Labute approximate surface area is 165 Å². The van der Waals surface area contributed by atoms with Gasteiger partial charge in [-0.25, -0.2) is 4.79 Å². The summed E-state index contributed by atoms with van der Waals surface area (Å²) in [4.78, 5) is 26.0. The highest BCUT2D eigenvalue weighted by atomic mass is 35.5. The number of hydrogen-bond donors (Lipinski definition) is 3. The highest BCUT2D eigenvalue weighted by molar-refractivity contribution is 6.01. The van der Waals surface area contributed by atoms with Crippen LogP contribution in [-0.2, 0) is 4.79 Å². The van der Waals surface area contributed by atoms with Gasteiger partial charge in [0.05, 0.1) is 0 Å². The number of nitrogens with zero attached hydrogens (tertiary/aromatic N) is 1. The fraction of sp³-hybridized carbons (Fsp3) is 0.300. The maximum atomic E-state index is 12.0. The van der Waals surface area contributed by atoms with Crippen molar-refractivity contribution in [2.45, 2.75) is 18.4 Å². The number of benzene rings is 2. The molecule has 0 spiro atoms. The first-order chi connectivity index (χ1) is 12.6. The van der Waals surface area contributed by atoms with Crippen LogP contribution in [0.2, 0.25) is 0 Å². The number of urea groups is 1. The van der Waals surface area contributed by atoms with Crippen LogP contribution in [0.1, 0.15) is 17.9 Å². The highest BCUT2D eigenvalue weighted by Crippen LogP contribution is 2.26. The zero-order valence-electron chi connectivity index (χ0n) is 15.0. The average Bonchev–Trinajstić information content (AvgIpc) is 3.02. The lowest BCUT2D eigenvalue weighted by Gasteiger charge is -2.15. The van der Waals surface area contributed by atoms with Crippen LogP contribution in [0.5, 0.6) is 0 Å². The summed E-state index contributed by atoms with van der Waals surface area (Å²) in [6, 6.07) is 18.8. The van der Waals surface area contributed by atoms with E-state index in [9.17, 15) is 9.59 Å². The molecule has 1 fully saturated rings. The molecule has 1 heterocycles. The number of carbonyl (C=O) groups is 2. The van der Waals surface area contributed by atoms with E-state index in [1.54, 1.807) is 12.1 Å². The standard InChI is InChI=1S/C20H24N4O2.ClH/c21-18-14-24(13-17(18)15-7-3-1-4-8-15)12-11-19(25)23-20(26)22-16-9-5-2-6-10-16;/h1-10,17-18H,11-14,21H2,(H2,22,23,25,26);1H/t17-,18+;/m0./s1. The molecule has 0 radical (unpaired) electrons. The minimum atomic E-state index is -0.513. The smallest absolute Gasteiger partial charge is 0.325 e. The van der Waals surface area contributed by atoms with Gasteiger partial charge in [-0.15, -0.1) is 12.4 Å². The molecule has 1 aliphatic rings. The van der Waals surface area contributed by atoms with E-state index in [2.05, 4.69) is 27.7 Å². The van der Waals surface area contributed by atoms with Crippen molar-refractivity contribution in [2.24, 2.45) is 5.73 Å². The molecule has 1 aliphatic heterocycles. The minimum absolute atomic E-state index is 0. The van der Waals surface area contributed by atoms with Crippen molar-refractivity contribution >= 4 is 30.0 Å². The Bertz CT molecular complexity index is 742. The normalized spacial score (nSPS) is 19.1. The molecule has 2 aromatic carbocycles. The van der Waals surface area contributed by atoms with E-state index >= 15 is 0 Å². The number of nitrogens with one attached hydrogen (secondary N) is 2. The highest BCUT2D eigenvalue weighted by Gasteiger charge is 2.31. The summed E-state index contributed by atoms with van der Waals surface area (Å²) < 4.78 is 0. The van der Waals surface area contributed by atoms with Gasteiger partial charge in [0.2, 0.25) is 5.91 Å². The predicted molar refractivity (Wildman–Crippen MR) is 109 cm³/mol. The van der Waals surface area contributed by atoms with E-state index in [0.717, 1.165) is 13.1 Å². The SMILES string of the molecule is Cl.N[C@@H]1CN(CCC(=O)NC(=O)Nc2ccccc2)C[C@H]1c1ccccc1. The van der Waals surface area contributed by atoms with Gasteiger partial charge in [-0.2, -0.15) is 0 Å². The Morgan fingerprint density at radius 2 is 1.63 bits per heavy atom. The molecular formula is C20H25ClN4O2. The van der Waals surface area contributed by atoms with Gasteiger partial charge in [-0.1, -0.05) is 48.5 Å². The van der Waals surface area contributed by atoms with Gasteiger partial charge >= 0.3 is 6.03 Å². The lowest BCUT2D eigenvalue weighted by molar-refractivity contribution is -0.120. The largest absolute Gasteiger partial charge is 0.326 e. The topological polar surface area (TPSA) is 87.5 Å². The van der Waals surface area contributed by atoms with Crippen molar-refractivity contribution in [3.63, 3.8) is 0 Å². The summed E-state index contributed by atoms with van der Waals surface area (Å²) in [5.41, 5.74) is 8.15. The van der Waals surface area contributed by atoms with Crippen LogP contribution in [0.3, 0.4) is 0 Å². The number of rotatable bonds is 5. The lowest BCUT2D eigenvalue weighted by atomic mass is 9.95. The van der Waals surface area contributed by atoms with Crippen molar-refractivity contribution in [3.05, 3.63) is 66.2 Å². The number of para-hydroxylation sites is 1. The van der Waals surface area contributed by atoms with Gasteiger partial charge in [0, 0.05) is 43.7 Å². The van der Waals surface area contributed by atoms with Gasteiger partial charge in [-0.05, 0) is 17.7 Å². The number of nitrogens with two attached hydrogens (primary N) is 1. The number of hydrogen-bond acceptors (Lipinski definition) is 4. The van der Waals surface area contributed by atoms with E-state index in [1.807, 2.05) is 36.4 Å². The van der Waals surface area contributed by atoms with Gasteiger partial charge in [0.15, 0.2) is 0 Å². The van der Waals surface area contributed by atoms with Crippen molar-refractivity contribution < 1.29 is 9.59 Å². The first-order valence-electron chi connectivity index (χ1n) is 8.80. The molecular weight excluding hydrogens is 364 g/mol. The van der Waals surface area contributed by atoms with Crippen LogP contribution >= 0.6 is 12.4 Å². The van der Waals surface area contributed by atoms with Crippen molar-refractivity contribution in [1.29, 1.82) is 0 Å². The van der Waals surface area contributed by atoms with Crippen LogP contribution in [0.4, 0.5) is 10.5 Å². The first kappa shape index (κ1) is 20.9. The van der Waals surface area contributed by atoms with E-state index in [0.29, 0.717) is 12.2 Å². The lowest BCUT2D eigenvalue weighted by Crippen LogP contribution is -2.36. The maximum Gasteiger partial charge on any atom is 0.325 e. The third-order valence-electron chi connectivity index (χ3n) is 4.61. The minimum Gasteiger partial charge on any atom is -0.326 e. The van der Waals surface area contributed by atoms with Crippen LogP contribution in [0.25, 0.3) is 0 Å². The number of carbonyl (C=O) groups excluding carboxylic acids is 2. The molecule has 7 heteroatoms. The summed E-state index contributed by atoms with van der Waals surface area (Å²) in [5.74, 6) is -0.0178. The summed E-state index contributed by atoms with van der Waals surface area (Å²) >= 11 is 0. The van der Waals surface area contributed by atoms with Crippen LogP contribution in [-0.4, -0.2) is 42.5 Å². The Kier molecular flexibility index (Phi) is 7.79. The number of imide groups is 1. The number of amides is 3. The van der Waals surface area contributed by atoms with Crippen LogP contribution in [0.15, 0.2) is 60.7 Å². The van der Waals surface area contributed by atoms with E-state index < -0.39 is 6.03 Å². The van der Waals surface area contributed by atoms with Gasteiger partial charge in [0.25, 0.3) is 0 Å². The fourth-order valence-corrected chi connectivity index (χ4v) is 3.28. The summed E-state index contributed by atoms with van der Waals surface area (Å²) in [6.45, 7) is 2.17. The fourth-order valence-electron chi connectivity index (χ4n) is 3.28.